The molecule has 9 heteroatoms. The van der Waals surface area contributed by atoms with Crippen molar-refractivity contribution in [3.05, 3.63) is 83.4 Å². The minimum absolute atomic E-state index is 0.0240. The van der Waals surface area contributed by atoms with E-state index in [4.69, 9.17) is 0 Å². The zero-order chi connectivity index (χ0) is 29.3. The molecule has 0 heterocycles. The molecule has 3 aromatic rings. The summed E-state index contributed by atoms with van der Waals surface area (Å²) in [5.41, 5.74) is 0.592. The van der Waals surface area contributed by atoms with Crippen LogP contribution in [0.1, 0.15) is 62.4 Å². The van der Waals surface area contributed by atoms with Gasteiger partial charge in [-0.05, 0) is 68.8 Å². The number of fused-ring (bicyclic) bond motifs is 1. The van der Waals surface area contributed by atoms with E-state index in [0.29, 0.717) is 22.8 Å². The molecule has 0 aliphatic heterocycles. The predicted molar refractivity (Wildman–Crippen MR) is 150 cm³/mol. The number of aryl methyl sites for hydroxylation is 1. The lowest BCUT2D eigenvalue weighted by atomic mass is 10.0. The van der Waals surface area contributed by atoms with Gasteiger partial charge < -0.3 is 16.0 Å². The van der Waals surface area contributed by atoms with Crippen LogP contribution in [0.25, 0.3) is 10.8 Å². The molecule has 3 amide bonds. The molecule has 0 saturated heterocycles. The third-order valence-corrected chi connectivity index (χ3v) is 6.18. The van der Waals surface area contributed by atoms with E-state index in [1.54, 1.807) is 36.4 Å². The summed E-state index contributed by atoms with van der Waals surface area (Å²) in [5.74, 6) is -2.28. The van der Waals surface area contributed by atoms with Gasteiger partial charge in [-0.15, -0.1) is 0 Å². The van der Waals surface area contributed by atoms with Gasteiger partial charge in [0.1, 0.15) is 11.6 Å². The van der Waals surface area contributed by atoms with E-state index in [2.05, 4.69) is 16.0 Å². The van der Waals surface area contributed by atoms with Crippen LogP contribution >= 0.6 is 0 Å². The lowest BCUT2D eigenvalue weighted by Crippen LogP contribution is -2.47. The Kier molecular flexibility index (Phi) is 10.5. The minimum atomic E-state index is -1.03. The Hall–Kier alpha value is -4.14. The summed E-state index contributed by atoms with van der Waals surface area (Å²) in [6.07, 6.45) is 0.512. The average Bonchev–Trinajstić information content (AvgIpc) is 2.89. The van der Waals surface area contributed by atoms with Crippen molar-refractivity contribution in [3.63, 3.8) is 0 Å². The number of hydrogen-bond donors (Lipinski definition) is 3. The lowest BCUT2D eigenvalue weighted by Gasteiger charge is -2.23. The number of nitrogens with one attached hydrogen (secondary N) is 3. The van der Waals surface area contributed by atoms with Gasteiger partial charge in [0.25, 0.3) is 5.91 Å². The SMILES string of the molecule is CC(C)(C)NC(=O)C[C@H](NC(=O)CCc1ccc(F)cc1)C(=O)CCCNC(=O)c1ccc(F)c2ccccc12. The Labute approximate surface area is 232 Å². The number of amides is 3. The summed E-state index contributed by atoms with van der Waals surface area (Å²) in [7, 11) is 0. The van der Waals surface area contributed by atoms with Gasteiger partial charge in [0.15, 0.2) is 5.78 Å². The van der Waals surface area contributed by atoms with Crippen molar-refractivity contribution in [2.45, 2.75) is 64.5 Å². The van der Waals surface area contributed by atoms with Crippen LogP contribution in [0.15, 0.2) is 60.7 Å². The average molecular weight is 552 g/mol. The van der Waals surface area contributed by atoms with Crippen LogP contribution in [0.5, 0.6) is 0 Å². The fraction of sp³-hybridized carbons (Fsp3) is 0.355. The quantitative estimate of drug-likeness (QED) is 0.286. The Bertz CT molecular complexity index is 1370. The van der Waals surface area contributed by atoms with Crippen molar-refractivity contribution in [3.8, 4) is 0 Å². The second kappa shape index (κ2) is 13.8. The predicted octanol–water partition coefficient (Wildman–Crippen LogP) is 4.62. The molecule has 3 rings (SSSR count). The molecule has 7 nitrogen and oxygen atoms in total. The van der Waals surface area contributed by atoms with Gasteiger partial charge in [0.05, 0.1) is 12.5 Å². The highest BCUT2D eigenvalue weighted by molar-refractivity contribution is 6.07. The van der Waals surface area contributed by atoms with Crippen molar-refractivity contribution in [2.24, 2.45) is 0 Å². The summed E-state index contributed by atoms with van der Waals surface area (Å²) in [4.78, 5) is 50.9. The first-order valence-corrected chi connectivity index (χ1v) is 13.3. The maximum absolute atomic E-state index is 14.1. The molecule has 40 heavy (non-hydrogen) atoms. The summed E-state index contributed by atoms with van der Waals surface area (Å²) in [5, 5.41) is 9.06. The number of ketones is 1. The molecular weight excluding hydrogens is 516 g/mol. The molecule has 0 unspecified atom stereocenters. The largest absolute Gasteiger partial charge is 0.352 e. The Balaban J connectivity index is 1.56. The fourth-order valence-electron chi connectivity index (χ4n) is 4.27. The molecule has 212 valence electrons. The van der Waals surface area contributed by atoms with Crippen LogP contribution in [0, 0.1) is 11.6 Å². The maximum Gasteiger partial charge on any atom is 0.251 e. The van der Waals surface area contributed by atoms with Crippen LogP contribution in [0.2, 0.25) is 0 Å². The third kappa shape index (κ3) is 9.25. The van der Waals surface area contributed by atoms with E-state index < -0.39 is 23.3 Å². The molecular formula is C31H35F2N3O4. The lowest BCUT2D eigenvalue weighted by molar-refractivity contribution is -0.131. The standard InChI is InChI=1S/C31H35F2N3O4/c1-31(2,3)36-29(39)19-26(35-28(38)17-12-20-10-13-21(32)14-11-20)27(37)9-6-18-34-30(40)24-15-16-25(33)23-8-5-4-7-22(23)24/h4-5,7-8,10-11,13-16,26H,6,9,12,17-19H2,1-3H3,(H,34,40)(H,35,38)(H,36,39)/t26-/m0/s1. The van der Waals surface area contributed by atoms with Gasteiger partial charge in [-0.1, -0.05) is 36.4 Å². The van der Waals surface area contributed by atoms with E-state index in [-0.39, 0.29) is 55.6 Å². The van der Waals surface area contributed by atoms with E-state index in [1.165, 1.54) is 24.3 Å². The van der Waals surface area contributed by atoms with E-state index in [0.717, 1.165) is 5.56 Å². The molecule has 0 radical (unpaired) electrons. The van der Waals surface area contributed by atoms with Crippen LogP contribution in [0.3, 0.4) is 0 Å². The number of carbonyl (C=O) groups excluding carboxylic acids is 4. The monoisotopic (exact) mass is 551 g/mol. The first-order chi connectivity index (χ1) is 18.9. The van der Waals surface area contributed by atoms with Crippen LogP contribution in [-0.2, 0) is 20.8 Å². The second-order valence-corrected chi connectivity index (χ2v) is 10.7. The molecule has 0 spiro atoms. The molecule has 0 aliphatic rings. The highest BCUT2D eigenvalue weighted by Gasteiger charge is 2.25. The van der Waals surface area contributed by atoms with Gasteiger partial charge in [-0.3, -0.25) is 19.2 Å². The van der Waals surface area contributed by atoms with Crippen LogP contribution in [0.4, 0.5) is 8.78 Å². The Morgan fingerprint density at radius 1 is 0.825 bits per heavy atom. The minimum Gasteiger partial charge on any atom is -0.352 e. The van der Waals surface area contributed by atoms with Crippen LogP contribution in [-0.4, -0.2) is 41.6 Å². The normalized spacial score (nSPS) is 12.0. The Morgan fingerprint density at radius 2 is 1.50 bits per heavy atom. The maximum atomic E-state index is 14.1. The van der Waals surface area contributed by atoms with Crippen molar-refractivity contribution in [1.29, 1.82) is 0 Å². The van der Waals surface area contributed by atoms with E-state index >= 15 is 0 Å². The second-order valence-electron chi connectivity index (χ2n) is 10.7. The molecule has 0 aromatic heterocycles. The van der Waals surface area contributed by atoms with Gasteiger partial charge >= 0.3 is 0 Å². The highest BCUT2D eigenvalue weighted by atomic mass is 19.1. The van der Waals surface area contributed by atoms with E-state index in [1.807, 2.05) is 20.8 Å². The topological polar surface area (TPSA) is 104 Å². The zero-order valence-electron chi connectivity index (χ0n) is 23.0. The molecule has 3 aromatic carbocycles. The Morgan fingerprint density at radius 3 is 2.17 bits per heavy atom. The van der Waals surface area contributed by atoms with Crippen molar-refractivity contribution >= 4 is 34.3 Å². The van der Waals surface area contributed by atoms with Gasteiger partial charge in [-0.25, -0.2) is 8.78 Å². The molecule has 1 atom stereocenters. The number of halogens is 2. The third-order valence-electron chi connectivity index (χ3n) is 6.18. The fourth-order valence-corrected chi connectivity index (χ4v) is 4.27. The molecule has 0 aliphatic carbocycles. The summed E-state index contributed by atoms with van der Waals surface area (Å²) in [6, 6.07) is 14.1. The number of hydrogen-bond acceptors (Lipinski definition) is 4. The first-order valence-electron chi connectivity index (χ1n) is 13.3. The summed E-state index contributed by atoms with van der Waals surface area (Å²) >= 11 is 0. The number of benzene rings is 3. The smallest absolute Gasteiger partial charge is 0.251 e. The molecule has 0 saturated carbocycles. The molecule has 0 bridgehead atoms. The van der Waals surface area contributed by atoms with Gasteiger partial charge in [-0.2, -0.15) is 0 Å². The molecule has 0 fully saturated rings. The zero-order valence-corrected chi connectivity index (χ0v) is 23.0. The molecule has 3 N–H and O–H groups in total. The van der Waals surface area contributed by atoms with Crippen molar-refractivity contribution in [1.82, 2.24) is 16.0 Å². The summed E-state index contributed by atoms with van der Waals surface area (Å²) < 4.78 is 27.2. The van der Waals surface area contributed by atoms with Crippen molar-refractivity contribution in [2.75, 3.05) is 6.54 Å². The van der Waals surface area contributed by atoms with Crippen LogP contribution < -0.4 is 16.0 Å². The van der Waals surface area contributed by atoms with Crippen molar-refractivity contribution < 1.29 is 28.0 Å². The summed E-state index contributed by atoms with van der Waals surface area (Å²) in [6.45, 7) is 5.62. The van der Waals surface area contributed by atoms with Gasteiger partial charge in [0, 0.05) is 35.9 Å². The van der Waals surface area contributed by atoms with E-state index in [9.17, 15) is 28.0 Å². The first kappa shape index (κ1) is 30.4. The number of Topliss-reactive ketones (excluding diaryl/α,β-unsaturated/α-hetero) is 1. The number of rotatable bonds is 12. The highest BCUT2D eigenvalue weighted by Crippen LogP contribution is 2.21. The van der Waals surface area contributed by atoms with Gasteiger partial charge in [0.2, 0.25) is 11.8 Å². The number of carbonyl (C=O) groups is 4.